The van der Waals surface area contributed by atoms with Crippen LogP contribution in [0, 0.1) is 11.8 Å². The number of anilines is 1. The van der Waals surface area contributed by atoms with Crippen LogP contribution in [0.4, 0.5) is 5.69 Å². The van der Waals surface area contributed by atoms with E-state index in [1.54, 1.807) is 0 Å². The highest BCUT2D eigenvalue weighted by Crippen LogP contribution is 2.08. The summed E-state index contributed by atoms with van der Waals surface area (Å²) < 4.78 is 0. The Labute approximate surface area is 94.3 Å². The van der Waals surface area contributed by atoms with Gasteiger partial charge in [0, 0.05) is 11.3 Å². The number of thiocarbonyl (C=S) groups is 1. The molecule has 0 heterocycles. The van der Waals surface area contributed by atoms with Gasteiger partial charge in [-0.3, -0.25) is 0 Å². The highest BCUT2D eigenvalue weighted by atomic mass is 32.1. The lowest BCUT2D eigenvalue weighted by atomic mass is 10.2. The summed E-state index contributed by atoms with van der Waals surface area (Å²) in [4.78, 5) is 0. The van der Waals surface area contributed by atoms with Crippen molar-refractivity contribution in [1.29, 1.82) is 0 Å². The summed E-state index contributed by atoms with van der Waals surface area (Å²) >= 11 is 8.71. The highest BCUT2D eigenvalue weighted by molar-refractivity contribution is 7.80. The minimum atomic E-state index is 0.263. The molecule has 0 saturated carbocycles. The third-order valence-corrected chi connectivity index (χ3v) is 1.72. The average Bonchev–Trinajstić information content (AvgIpc) is 2.16. The Hall–Kier alpha value is -1.18. The Morgan fingerprint density at radius 1 is 1.43 bits per heavy atom. The van der Waals surface area contributed by atoms with Crippen LogP contribution >= 0.6 is 24.8 Å². The molecule has 1 rings (SSSR count). The van der Waals surface area contributed by atoms with Crippen LogP contribution in [0.1, 0.15) is 5.56 Å². The van der Waals surface area contributed by atoms with Crippen molar-refractivity contribution >= 4 is 35.6 Å². The van der Waals surface area contributed by atoms with Gasteiger partial charge >= 0.3 is 0 Å². The molecule has 2 nitrogen and oxygen atoms in total. The predicted molar refractivity (Wildman–Crippen MR) is 67.6 cm³/mol. The second-order valence-corrected chi connectivity index (χ2v) is 3.28. The van der Waals surface area contributed by atoms with Crippen molar-refractivity contribution in [3.63, 3.8) is 0 Å². The molecular weight excluding hydrogens is 212 g/mol. The monoisotopic (exact) mass is 222 g/mol. The van der Waals surface area contributed by atoms with Crippen LogP contribution in [0.15, 0.2) is 24.3 Å². The van der Waals surface area contributed by atoms with E-state index in [2.05, 4.69) is 29.8 Å². The number of hydrogen-bond donors (Lipinski definition) is 3. The van der Waals surface area contributed by atoms with Crippen molar-refractivity contribution in [3.05, 3.63) is 29.8 Å². The van der Waals surface area contributed by atoms with E-state index in [-0.39, 0.29) is 5.11 Å². The molecule has 0 amide bonds. The van der Waals surface area contributed by atoms with E-state index in [9.17, 15) is 0 Å². The van der Waals surface area contributed by atoms with Gasteiger partial charge in [0.05, 0.1) is 5.75 Å². The fourth-order valence-electron chi connectivity index (χ4n) is 0.921. The largest absolute Gasteiger partial charge is 0.376 e. The number of nitrogens with two attached hydrogens (primary N) is 1. The maximum Gasteiger partial charge on any atom is 0.168 e. The van der Waals surface area contributed by atoms with Crippen LogP contribution in [0.3, 0.4) is 0 Å². The molecule has 1 aromatic rings. The van der Waals surface area contributed by atoms with Crippen molar-refractivity contribution in [2.45, 2.75) is 0 Å². The van der Waals surface area contributed by atoms with Crippen LogP contribution in [0.25, 0.3) is 0 Å². The minimum absolute atomic E-state index is 0.263. The maximum atomic E-state index is 5.32. The van der Waals surface area contributed by atoms with Crippen LogP contribution in [0.2, 0.25) is 0 Å². The first kappa shape index (κ1) is 10.9. The smallest absolute Gasteiger partial charge is 0.168 e. The zero-order valence-corrected chi connectivity index (χ0v) is 9.16. The number of benzene rings is 1. The zero-order valence-electron chi connectivity index (χ0n) is 7.45. The average molecular weight is 222 g/mol. The molecule has 4 heteroatoms. The quantitative estimate of drug-likeness (QED) is 0.384. The van der Waals surface area contributed by atoms with E-state index in [1.807, 2.05) is 24.3 Å². The number of hydrogen-bond acceptors (Lipinski definition) is 2. The molecule has 0 aromatic heterocycles. The second kappa shape index (κ2) is 5.53. The summed E-state index contributed by atoms with van der Waals surface area (Å²) in [6.07, 6.45) is 0. The van der Waals surface area contributed by atoms with Gasteiger partial charge in [-0.25, -0.2) is 0 Å². The van der Waals surface area contributed by atoms with Gasteiger partial charge < -0.3 is 11.1 Å². The summed E-state index contributed by atoms with van der Waals surface area (Å²) in [6.45, 7) is 0. The third kappa shape index (κ3) is 3.69. The first-order valence-electron chi connectivity index (χ1n) is 3.98. The van der Waals surface area contributed by atoms with E-state index in [4.69, 9.17) is 18.0 Å². The molecule has 0 fully saturated rings. The molecule has 0 aliphatic carbocycles. The summed E-state index contributed by atoms with van der Waals surface area (Å²) in [5.74, 6) is 6.39. The first-order valence-corrected chi connectivity index (χ1v) is 5.02. The topological polar surface area (TPSA) is 38.0 Å². The number of nitrogens with one attached hydrogen (secondary N) is 1. The lowest BCUT2D eigenvalue weighted by Crippen LogP contribution is -2.18. The Kier molecular flexibility index (Phi) is 4.30. The molecule has 0 radical (unpaired) electrons. The van der Waals surface area contributed by atoms with Crippen LogP contribution in [-0.4, -0.2) is 10.9 Å². The van der Waals surface area contributed by atoms with Crippen molar-refractivity contribution < 1.29 is 0 Å². The zero-order chi connectivity index (χ0) is 10.4. The van der Waals surface area contributed by atoms with E-state index in [0.717, 1.165) is 11.3 Å². The lowest BCUT2D eigenvalue weighted by Gasteiger charge is -2.02. The minimum Gasteiger partial charge on any atom is -0.376 e. The SMILES string of the molecule is NC(=S)Nc1ccc(C#CCS)cc1. The van der Waals surface area contributed by atoms with Gasteiger partial charge in [-0.15, -0.1) is 0 Å². The predicted octanol–water partition coefficient (Wildman–Crippen LogP) is 1.62. The normalized spacial score (nSPS) is 8.64. The molecule has 1 aromatic carbocycles. The van der Waals surface area contributed by atoms with E-state index in [1.165, 1.54) is 0 Å². The highest BCUT2D eigenvalue weighted by Gasteiger charge is 1.92. The van der Waals surface area contributed by atoms with Gasteiger partial charge in [0.1, 0.15) is 0 Å². The Morgan fingerprint density at radius 3 is 2.57 bits per heavy atom. The van der Waals surface area contributed by atoms with E-state index >= 15 is 0 Å². The molecule has 0 spiro atoms. The van der Waals surface area contributed by atoms with Gasteiger partial charge in [-0.05, 0) is 36.5 Å². The molecule has 0 aliphatic rings. The molecule has 14 heavy (non-hydrogen) atoms. The van der Waals surface area contributed by atoms with E-state index in [0.29, 0.717) is 5.75 Å². The summed E-state index contributed by atoms with van der Waals surface area (Å²) in [5.41, 5.74) is 7.15. The van der Waals surface area contributed by atoms with Crippen molar-refractivity contribution in [3.8, 4) is 11.8 Å². The Balaban J connectivity index is 2.73. The Bertz CT molecular complexity index is 373. The summed E-state index contributed by atoms with van der Waals surface area (Å²) in [6, 6.07) is 7.55. The third-order valence-electron chi connectivity index (χ3n) is 1.46. The van der Waals surface area contributed by atoms with Crippen molar-refractivity contribution in [1.82, 2.24) is 0 Å². The van der Waals surface area contributed by atoms with Gasteiger partial charge in [-0.2, -0.15) is 12.6 Å². The van der Waals surface area contributed by atoms with Crippen LogP contribution in [-0.2, 0) is 0 Å². The molecule has 0 unspecified atom stereocenters. The van der Waals surface area contributed by atoms with E-state index < -0.39 is 0 Å². The summed E-state index contributed by atoms with van der Waals surface area (Å²) in [5, 5.41) is 3.10. The molecular formula is C10H10N2S2. The van der Waals surface area contributed by atoms with Crippen LogP contribution in [0.5, 0.6) is 0 Å². The molecule has 0 aliphatic heterocycles. The molecule has 3 N–H and O–H groups in total. The lowest BCUT2D eigenvalue weighted by molar-refractivity contribution is 1.58. The fourth-order valence-corrected chi connectivity index (χ4v) is 1.12. The molecule has 72 valence electrons. The summed E-state index contributed by atoms with van der Waals surface area (Å²) in [7, 11) is 0. The van der Waals surface area contributed by atoms with Crippen molar-refractivity contribution in [2.75, 3.05) is 11.1 Å². The van der Waals surface area contributed by atoms with Gasteiger partial charge in [0.15, 0.2) is 5.11 Å². The van der Waals surface area contributed by atoms with Crippen LogP contribution < -0.4 is 11.1 Å². The second-order valence-electron chi connectivity index (χ2n) is 2.53. The van der Waals surface area contributed by atoms with Gasteiger partial charge in [0.2, 0.25) is 0 Å². The molecule has 0 bridgehead atoms. The first-order chi connectivity index (χ1) is 6.72. The number of rotatable bonds is 1. The molecule has 0 saturated heterocycles. The maximum absolute atomic E-state index is 5.32. The Morgan fingerprint density at radius 2 is 2.07 bits per heavy atom. The fraction of sp³-hybridized carbons (Fsp3) is 0.100. The van der Waals surface area contributed by atoms with Crippen molar-refractivity contribution in [2.24, 2.45) is 5.73 Å². The standard InChI is InChI=1S/C10H10N2S2/c11-10(14)12-9-5-3-8(4-6-9)2-1-7-13/h3-6,13H,7H2,(H3,11,12,14). The molecule has 0 atom stereocenters. The van der Waals surface area contributed by atoms with Gasteiger partial charge in [-0.1, -0.05) is 11.8 Å². The number of thiol groups is 1. The van der Waals surface area contributed by atoms with Gasteiger partial charge in [0.25, 0.3) is 0 Å².